The number of amides is 1. The lowest BCUT2D eigenvalue weighted by molar-refractivity contribution is -0.160. The van der Waals surface area contributed by atoms with Crippen LogP contribution in [-0.4, -0.2) is 62.9 Å². The third-order valence-electron chi connectivity index (χ3n) is 7.34. The maximum absolute atomic E-state index is 13.0. The Morgan fingerprint density at radius 3 is 2.44 bits per heavy atom. The number of rotatable bonds is 12. The summed E-state index contributed by atoms with van der Waals surface area (Å²) in [4.78, 5) is 29.4. The number of hydrogen-bond acceptors (Lipinski definition) is 7. The van der Waals surface area contributed by atoms with Gasteiger partial charge in [0.2, 0.25) is 15.7 Å². The van der Waals surface area contributed by atoms with E-state index >= 15 is 0 Å². The molecule has 1 saturated carbocycles. The minimum Gasteiger partial charge on any atom is -0.479 e. The quantitative estimate of drug-likeness (QED) is 0.335. The Kier molecular flexibility index (Phi) is 8.04. The van der Waals surface area contributed by atoms with Crippen molar-refractivity contribution in [3.8, 4) is 11.3 Å². The first-order chi connectivity index (χ1) is 18.4. The molecule has 2 N–H and O–H groups in total. The van der Waals surface area contributed by atoms with Crippen molar-refractivity contribution >= 4 is 38.8 Å². The maximum Gasteiger partial charge on any atom is 0.335 e. The van der Waals surface area contributed by atoms with E-state index in [1.165, 1.54) is 18.3 Å². The van der Waals surface area contributed by atoms with Crippen LogP contribution in [0.2, 0.25) is 0 Å². The van der Waals surface area contributed by atoms with Gasteiger partial charge in [0, 0.05) is 26.3 Å². The normalized spacial score (nSPS) is 15.2. The molecular weight excluding hydrogens is 522 g/mol. The van der Waals surface area contributed by atoms with Gasteiger partial charge in [-0.3, -0.25) is 9.10 Å². The van der Waals surface area contributed by atoms with Crippen molar-refractivity contribution < 1.29 is 32.3 Å². The minimum absolute atomic E-state index is 0.0115. The van der Waals surface area contributed by atoms with Crippen LogP contribution in [-0.2, 0) is 26.0 Å². The molecule has 2 heterocycles. The number of benzene rings is 1. The number of nitrogens with one attached hydrogen (secondary N) is 1. The second-order valence-corrected chi connectivity index (χ2v) is 12.0. The first-order valence-electron chi connectivity index (χ1n) is 13.0. The number of carbonyl (C=O) groups is 2. The fraction of sp³-hybridized carbons (Fsp3) is 0.464. The van der Waals surface area contributed by atoms with E-state index in [0.29, 0.717) is 22.3 Å². The van der Waals surface area contributed by atoms with Gasteiger partial charge in [0.05, 0.1) is 17.2 Å². The van der Waals surface area contributed by atoms with Crippen molar-refractivity contribution in [3.05, 3.63) is 47.0 Å². The number of furan rings is 1. The van der Waals surface area contributed by atoms with Crippen molar-refractivity contribution in [1.82, 2.24) is 10.3 Å². The second kappa shape index (κ2) is 11.0. The van der Waals surface area contributed by atoms with E-state index in [1.807, 2.05) is 30.3 Å². The van der Waals surface area contributed by atoms with Crippen molar-refractivity contribution in [2.75, 3.05) is 31.3 Å². The number of aryl methyl sites for hydroxylation is 1. The summed E-state index contributed by atoms with van der Waals surface area (Å²) in [6.45, 7) is 3.53. The zero-order valence-corrected chi connectivity index (χ0v) is 23.7. The van der Waals surface area contributed by atoms with Crippen molar-refractivity contribution in [1.29, 1.82) is 0 Å². The molecule has 0 radical (unpaired) electrons. The summed E-state index contributed by atoms with van der Waals surface area (Å²) in [5, 5.41) is 12.7. The average Bonchev–Trinajstić information content (AvgIpc) is 3.69. The fourth-order valence-electron chi connectivity index (χ4n) is 4.65. The number of hydrogen-bond donors (Lipinski definition) is 2. The summed E-state index contributed by atoms with van der Waals surface area (Å²) in [7, 11) is -0.919. The zero-order valence-electron chi connectivity index (χ0n) is 22.9. The molecule has 4 rings (SSSR count). The topological polar surface area (TPSA) is 139 Å². The van der Waals surface area contributed by atoms with E-state index in [1.54, 1.807) is 7.05 Å². The molecule has 11 heteroatoms. The Bertz CT molecular complexity index is 1490. The summed E-state index contributed by atoms with van der Waals surface area (Å²) in [6, 6.07) is 9.55. The molecule has 1 aliphatic rings. The highest BCUT2D eigenvalue weighted by molar-refractivity contribution is 7.92. The predicted molar refractivity (Wildman–Crippen MR) is 149 cm³/mol. The van der Waals surface area contributed by atoms with E-state index in [2.05, 4.69) is 17.2 Å². The van der Waals surface area contributed by atoms with Crippen LogP contribution >= 0.6 is 0 Å². The average molecular weight is 558 g/mol. The van der Waals surface area contributed by atoms with Gasteiger partial charge < -0.3 is 19.6 Å². The molecule has 2 aromatic heterocycles. The van der Waals surface area contributed by atoms with Crippen LogP contribution in [0.5, 0.6) is 0 Å². The Morgan fingerprint density at radius 2 is 1.92 bits per heavy atom. The fourth-order valence-corrected chi connectivity index (χ4v) is 5.58. The van der Waals surface area contributed by atoms with Crippen LogP contribution in [0.3, 0.4) is 0 Å². The maximum atomic E-state index is 13.0. The Morgan fingerprint density at radius 1 is 1.26 bits per heavy atom. The smallest absolute Gasteiger partial charge is 0.335 e. The molecular formula is C28H35N3O7S. The number of nitrogens with zero attached hydrogens (tertiary/aromatic N) is 2. The van der Waals surface area contributed by atoms with Gasteiger partial charge in [-0.05, 0) is 62.1 Å². The van der Waals surface area contributed by atoms with E-state index in [0.717, 1.165) is 36.6 Å². The number of methoxy groups -OCH3 is 1. The van der Waals surface area contributed by atoms with Crippen LogP contribution in [0.1, 0.15) is 66.9 Å². The molecule has 1 aromatic carbocycles. The summed E-state index contributed by atoms with van der Waals surface area (Å²) in [5.41, 5.74) is 1.64. The van der Waals surface area contributed by atoms with Crippen LogP contribution in [0, 0.1) is 0 Å². The van der Waals surface area contributed by atoms with Gasteiger partial charge in [0.25, 0.3) is 5.91 Å². The molecule has 1 unspecified atom stereocenters. The molecule has 0 aliphatic heterocycles. The van der Waals surface area contributed by atoms with Gasteiger partial charge in [-0.25, -0.2) is 13.2 Å². The molecule has 3 aromatic rings. The van der Waals surface area contributed by atoms with Crippen molar-refractivity contribution in [2.45, 2.75) is 57.5 Å². The minimum atomic E-state index is -3.78. The first kappa shape index (κ1) is 28.6. The number of fused-ring (bicyclic) bond motifs is 1. The number of sulfonamides is 1. The van der Waals surface area contributed by atoms with Crippen LogP contribution < -0.4 is 9.62 Å². The van der Waals surface area contributed by atoms with Gasteiger partial charge in [-0.2, -0.15) is 4.98 Å². The molecule has 1 atom stereocenters. The standard InChI is InChI=1S/C28H35N3O7S/c1-6-17-8-10-19(11-9-17)23-22(25(32)29-3)21-16-20(18-12-13-18)24(30-26(21)38-23)31(39(5,35)36)15-7-14-28(2,37-4)27(33)34/h8-11,16,18H,6-7,12-15H2,1-5H3,(H,29,32)(H,33,34). The van der Waals surface area contributed by atoms with E-state index in [-0.39, 0.29) is 42.7 Å². The number of anilines is 1. The van der Waals surface area contributed by atoms with E-state index in [4.69, 9.17) is 9.15 Å². The lowest BCUT2D eigenvalue weighted by atomic mass is 10.00. The molecule has 0 spiro atoms. The summed E-state index contributed by atoms with van der Waals surface area (Å²) in [6.07, 6.45) is 4.04. The third kappa shape index (κ3) is 5.79. The Hall–Kier alpha value is -3.44. The Labute approximate surface area is 228 Å². The lowest BCUT2D eigenvalue weighted by Crippen LogP contribution is -2.39. The van der Waals surface area contributed by atoms with Gasteiger partial charge in [-0.15, -0.1) is 0 Å². The first-order valence-corrected chi connectivity index (χ1v) is 14.8. The SMILES string of the molecule is CCc1ccc(-c2oc3nc(N(CCCC(C)(OC)C(=O)O)S(C)(=O)=O)c(C4CC4)cc3c2C(=O)NC)cc1. The van der Waals surface area contributed by atoms with E-state index in [9.17, 15) is 23.1 Å². The highest BCUT2D eigenvalue weighted by Crippen LogP contribution is 2.46. The highest BCUT2D eigenvalue weighted by atomic mass is 32.2. The van der Waals surface area contributed by atoms with Crippen LogP contribution in [0.4, 0.5) is 5.82 Å². The third-order valence-corrected chi connectivity index (χ3v) is 8.50. The van der Waals surface area contributed by atoms with Gasteiger partial charge >= 0.3 is 5.97 Å². The summed E-state index contributed by atoms with van der Waals surface area (Å²) in [5.74, 6) is -0.740. The highest BCUT2D eigenvalue weighted by Gasteiger charge is 2.36. The Balaban J connectivity index is 1.83. The van der Waals surface area contributed by atoms with Crippen molar-refractivity contribution in [3.63, 3.8) is 0 Å². The lowest BCUT2D eigenvalue weighted by Gasteiger charge is -2.27. The second-order valence-electron chi connectivity index (χ2n) is 10.1. The van der Waals surface area contributed by atoms with E-state index < -0.39 is 21.6 Å². The molecule has 1 fully saturated rings. The van der Waals surface area contributed by atoms with Gasteiger partial charge in [0.1, 0.15) is 11.6 Å². The largest absolute Gasteiger partial charge is 0.479 e. The monoisotopic (exact) mass is 557 g/mol. The molecule has 0 bridgehead atoms. The number of carbonyl (C=O) groups excluding carboxylic acids is 1. The predicted octanol–water partition coefficient (Wildman–Crippen LogP) is 4.33. The number of pyridine rings is 1. The van der Waals surface area contributed by atoms with Crippen molar-refractivity contribution in [2.24, 2.45) is 0 Å². The molecule has 1 amide bonds. The van der Waals surface area contributed by atoms with Gasteiger partial charge in [0.15, 0.2) is 5.60 Å². The molecule has 39 heavy (non-hydrogen) atoms. The van der Waals surface area contributed by atoms with Gasteiger partial charge in [-0.1, -0.05) is 31.2 Å². The molecule has 10 nitrogen and oxygen atoms in total. The zero-order chi connectivity index (χ0) is 28.5. The van der Waals surface area contributed by atoms with Crippen LogP contribution in [0.25, 0.3) is 22.4 Å². The molecule has 210 valence electrons. The number of aromatic nitrogens is 1. The number of aliphatic carboxylic acids is 1. The molecule has 1 aliphatic carbocycles. The number of carboxylic acid groups (broad SMARTS) is 1. The molecule has 0 saturated heterocycles. The number of ether oxygens (including phenoxy) is 1. The number of carboxylic acids is 1. The van der Waals surface area contributed by atoms with Crippen LogP contribution in [0.15, 0.2) is 34.7 Å². The summed E-state index contributed by atoms with van der Waals surface area (Å²) < 4.78 is 38.5. The summed E-state index contributed by atoms with van der Waals surface area (Å²) >= 11 is 0.